The number of rotatable bonds is 5. The van der Waals surface area contributed by atoms with Gasteiger partial charge in [-0.1, -0.05) is 48.9 Å². The summed E-state index contributed by atoms with van der Waals surface area (Å²) < 4.78 is 6.45. The van der Waals surface area contributed by atoms with Crippen LogP contribution in [0.5, 0.6) is 5.75 Å². The van der Waals surface area contributed by atoms with Crippen LogP contribution in [0, 0.1) is 11.8 Å². The molecule has 3 N–H and O–H groups in total. The number of nitrogens with two attached hydrogens (primary N) is 1. The number of hydrogen-bond donors (Lipinski definition) is 2. The molecule has 0 aliphatic heterocycles. The van der Waals surface area contributed by atoms with Gasteiger partial charge in [0.25, 0.3) is 5.56 Å². The summed E-state index contributed by atoms with van der Waals surface area (Å²) in [5.41, 5.74) is 8.00. The minimum absolute atomic E-state index is 0.0288. The van der Waals surface area contributed by atoms with E-state index in [1.807, 2.05) is 12.1 Å². The van der Waals surface area contributed by atoms with Crippen LogP contribution >= 0.6 is 11.6 Å². The average Bonchev–Trinajstić information content (AvgIpc) is 3.34. The number of halogens is 1. The molecule has 1 aromatic heterocycles. The van der Waals surface area contributed by atoms with E-state index in [-0.39, 0.29) is 23.1 Å². The van der Waals surface area contributed by atoms with E-state index in [2.05, 4.69) is 42.2 Å². The van der Waals surface area contributed by atoms with Gasteiger partial charge < -0.3 is 15.5 Å². The lowest BCUT2D eigenvalue weighted by molar-refractivity contribution is 0.0924. The molecule has 0 saturated heterocycles. The van der Waals surface area contributed by atoms with Crippen molar-refractivity contribution in [1.29, 1.82) is 0 Å². The molecule has 2 unspecified atom stereocenters. The van der Waals surface area contributed by atoms with Crippen molar-refractivity contribution in [2.75, 3.05) is 0 Å². The molecule has 0 amide bonds. The van der Waals surface area contributed by atoms with Crippen LogP contribution in [0.25, 0.3) is 10.8 Å². The molecule has 5 rings (SSSR count). The van der Waals surface area contributed by atoms with E-state index < -0.39 is 0 Å². The zero-order valence-corrected chi connectivity index (χ0v) is 17.9. The molecule has 156 valence electrons. The van der Waals surface area contributed by atoms with Crippen molar-refractivity contribution in [1.82, 2.24) is 4.98 Å². The summed E-state index contributed by atoms with van der Waals surface area (Å²) in [6.45, 7) is 2.19. The number of H-pyrrole nitrogens is 1. The first-order chi connectivity index (χ1) is 14.5. The lowest BCUT2D eigenvalue weighted by atomic mass is 9.63. The topological polar surface area (TPSA) is 68.1 Å². The molecule has 5 atom stereocenters. The highest BCUT2D eigenvalue weighted by Gasteiger charge is 2.58. The smallest absolute Gasteiger partial charge is 0.255 e. The summed E-state index contributed by atoms with van der Waals surface area (Å²) in [4.78, 5) is 14.7. The average molecular weight is 423 g/mol. The minimum atomic E-state index is -0.137. The Morgan fingerprint density at radius 1 is 1.23 bits per heavy atom. The molecule has 2 fully saturated rings. The molecular formula is C25H27ClN2O2. The fourth-order valence-corrected chi connectivity index (χ4v) is 6.25. The first-order valence-electron chi connectivity index (χ1n) is 10.8. The Labute approximate surface area is 181 Å². The van der Waals surface area contributed by atoms with Crippen LogP contribution < -0.4 is 16.0 Å². The van der Waals surface area contributed by atoms with Crippen LogP contribution in [0.3, 0.4) is 0 Å². The molecule has 2 bridgehead atoms. The van der Waals surface area contributed by atoms with Gasteiger partial charge in [-0.3, -0.25) is 4.79 Å². The Bertz CT molecular complexity index is 1130. The third-order valence-corrected chi connectivity index (χ3v) is 7.77. The Morgan fingerprint density at radius 2 is 2.03 bits per heavy atom. The highest BCUT2D eigenvalue weighted by Crippen LogP contribution is 2.59. The maximum absolute atomic E-state index is 12.0. The zero-order valence-electron chi connectivity index (χ0n) is 17.1. The molecule has 2 aliphatic rings. The van der Waals surface area contributed by atoms with Gasteiger partial charge in [0.05, 0.1) is 5.02 Å². The molecule has 4 nitrogen and oxygen atoms in total. The number of aromatic nitrogens is 1. The molecule has 0 spiro atoms. The summed E-state index contributed by atoms with van der Waals surface area (Å²) in [6, 6.07) is 16.4. The quantitative estimate of drug-likeness (QED) is 0.605. The standard InChI is InChI=1S/C25H27ClN2O2/c1-2-23(27)25(17-6-4-3-5-7-17)14-16-10-18(25)12-21(16)30-22-11-15-8-9-28-24(29)19(15)13-20(22)26/h3-9,11,13,16,18,21,23H,2,10,12,14,27H2,1H3,(H,28,29)/t16-,18-,21?,23?,25+/m1/s1. The van der Waals surface area contributed by atoms with E-state index in [1.165, 1.54) is 5.56 Å². The lowest BCUT2D eigenvalue weighted by Crippen LogP contribution is -2.51. The van der Waals surface area contributed by atoms with Gasteiger partial charge in [-0.25, -0.2) is 0 Å². The molecule has 2 aromatic carbocycles. The number of aromatic amines is 1. The van der Waals surface area contributed by atoms with E-state index in [4.69, 9.17) is 22.1 Å². The SMILES string of the molecule is CCC(N)[C@]1(c2ccccc2)C[C@H]2C[C@@H]1CC2Oc1cc2cc[nH]c(=O)c2cc1Cl. The van der Waals surface area contributed by atoms with Gasteiger partial charge in [0.2, 0.25) is 0 Å². The van der Waals surface area contributed by atoms with E-state index in [0.29, 0.717) is 28.0 Å². The van der Waals surface area contributed by atoms with Crippen LogP contribution in [0.1, 0.15) is 38.2 Å². The van der Waals surface area contributed by atoms with Gasteiger partial charge in [-0.05, 0) is 66.7 Å². The summed E-state index contributed by atoms with van der Waals surface area (Å²) in [5.74, 6) is 1.63. The summed E-state index contributed by atoms with van der Waals surface area (Å²) in [5, 5.41) is 1.91. The predicted octanol–water partition coefficient (Wildman–Crippen LogP) is 5.03. The van der Waals surface area contributed by atoms with Gasteiger partial charge in [-0.15, -0.1) is 0 Å². The highest BCUT2D eigenvalue weighted by molar-refractivity contribution is 6.32. The number of pyridine rings is 1. The van der Waals surface area contributed by atoms with Crippen LogP contribution in [0.15, 0.2) is 59.5 Å². The van der Waals surface area contributed by atoms with Gasteiger partial charge in [0, 0.05) is 23.0 Å². The van der Waals surface area contributed by atoms with Crippen molar-refractivity contribution in [3.8, 4) is 5.75 Å². The molecule has 2 saturated carbocycles. The van der Waals surface area contributed by atoms with Crippen LogP contribution in [0.2, 0.25) is 5.02 Å². The Hall–Kier alpha value is -2.30. The van der Waals surface area contributed by atoms with Crippen molar-refractivity contribution in [2.45, 2.75) is 50.2 Å². The van der Waals surface area contributed by atoms with E-state index in [1.54, 1.807) is 12.3 Å². The molecule has 1 heterocycles. The molecule has 2 aliphatic carbocycles. The number of fused-ring (bicyclic) bond motifs is 3. The largest absolute Gasteiger partial charge is 0.489 e. The van der Waals surface area contributed by atoms with Crippen LogP contribution in [-0.4, -0.2) is 17.1 Å². The number of hydrogen-bond acceptors (Lipinski definition) is 3. The fraction of sp³-hybridized carbons (Fsp3) is 0.400. The van der Waals surface area contributed by atoms with Crippen LogP contribution in [-0.2, 0) is 5.41 Å². The summed E-state index contributed by atoms with van der Waals surface area (Å²) >= 11 is 6.48. The van der Waals surface area contributed by atoms with E-state index in [0.717, 1.165) is 31.1 Å². The maximum atomic E-state index is 12.0. The van der Waals surface area contributed by atoms with Crippen molar-refractivity contribution < 1.29 is 4.74 Å². The second-order valence-electron chi connectivity index (χ2n) is 8.89. The monoisotopic (exact) mass is 422 g/mol. The van der Waals surface area contributed by atoms with Crippen LogP contribution in [0.4, 0.5) is 0 Å². The van der Waals surface area contributed by atoms with Crippen molar-refractivity contribution >= 4 is 22.4 Å². The third kappa shape index (κ3) is 2.97. The number of benzene rings is 2. The maximum Gasteiger partial charge on any atom is 0.255 e. The second kappa shape index (κ2) is 7.44. The summed E-state index contributed by atoms with van der Waals surface area (Å²) in [7, 11) is 0. The predicted molar refractivity (Wildman–Crippen MR) is 121 cm³/mol. The normalized spacial score (nSPS) is 28.7. The Balaban J connectivity index is 1.43. The molecule has 3 aromatic rings. The van der Waals surface area contributed by atoms with Crippen molar-refractivity contribution in [3.05, 3.63) is 75.7 Å². The first kappa shape index (κ1) is 19.7. The fourth-order valence-electron chi connectivity index (χ4n) is 6.04. The zero-order chi connectivity index (χ0) is 20.9. The van der Waals surface area contributed by atoms with Crippen molar-refractivity contribution in [3.63, 3.8) is 0 Å². The Kier molecular flexibility index (Phi) is 4.87. The van der Waals surface area contributed by atoms with Gasteiger partial charge >= 0.3 is 0 Å². The van der Waals surface area contributed by atoms with Gasteiger partial charge in [0.15, 0.2) is 0 Å². The number of nitrogens with one attached hydrogen (secondary N) is 1. The van der Waals surface area contributed by atoms with E-state index >= 15 is 0 Å². The summed E-state index contributed by atoms with van der Waals surface area (Å²) in [6.07, 6.45) is 5.92. The van der Waals surface area contributed by atoms with E-state index in [9.17, 15) is 4.79 Å². The Morgan fingerprint density at radius 3 is 2.73 bits per heavy atom. The molecule has 0 radical (unpaired) electrons. The molecule has 5 heteroatoms. The third-order valence-electron chi connectivity index (χ3n) is 7.48. The van der Waals surface area contributed by atoms with Gasteiger partial charge in [-0.2, -0.15) is 0 Å². The molecule has 30 heavy (non-hydrogen) atoms. The minimum Gasteiger partial charge on any atom is -0.489 e. The second-order valence-corrected chi connectivity index (χ2v) is 9.29. The molecular weight excluding hydrogens is 396 g/mol. The number of ether oxygens (including phenoxy) is 1. The highest BCUT2D eigenvalue weighted by atomic mass is 35.5. The van der Waals surface area contributed by atoms with Gasteiger partial charge in [0.1, 0.15) is 11.9 Å². The lowest BCUT2D eigenvalue weighted by Gasteiger charge is -2.44. The first-order valence-corrected chi connectivity index (χ1v) is 11.2. The van der Waals surface area contributed by atoms with Crippen molar-refractivity contribution in [2.24, 2.45) is 17.6 Å².